The molecular weight excluding hydrogens is 408 g/mol. The number of carbonyl (C=O) groups is 2. The first-order chi connectivity index (χ1) is 15.8. The molecule has 1 aromatic rings. The summed E-state index contributed by atoms with van der Waals surface area (Å²) in [5.74, 6) is 3.26. The van der Waals surface area contributed by atoms with Gasteiger partial charge in [-0.05, 0) is 104 Å². The summed E-state index contributed by atoms with van der Waals surface area (Å²) in [5.41, 5.74) is 1.62. The van der Waals surface area contributed by atoms with Gasteiger partial charge in [-0.25, -0.2) is 0 Å². The molecule has 0 heterocycles. The van der Waals surface area contributed by atoms with Gasteiger partial charge < -0.3 is 4.74 Å². The Morgan fingerprint density at radius 2 is 1.64 bits per heavy atom. The highest BCUT2D eigenvalue weighted by molar-refractivity contribution is 5.96. The molecule has 0 radical (unpaired) electrons. The Hall–Kier alpha value is -1.90. The first-order valence-corrected chi connectivity index (χ1v) is 13.3. The highest BCUT2D eigenvalue weighted by Crippen LogP contribution is 2.67. The number of ketones is 1. The third-order valence-electron chi connectivity index (χ3n) is 10.5. The SMILES string of the molecule is CC(=O)OC1CCC2(C)C(CCC3C2CCC2(C)C(C(=O)C=Cc4ccccc4)CCC32)C1. The van der Waals surface area contributed by atoms with Gasteiger partial charge in [0.05, 0.1) is 0 Å². The van der Waals surface area contributed by atoms with Crippen LogP contribution in [0.3, 0.4) is 0 Å². The monoisotopic (exact) mass is 448 g/mol. The number of carbonyl (C=O) groups excluding carboxylic acids is 2. The highest BCUT2D eigenvalue weighted by atomic mass is 16.5. The fourth-order valence-corrected chi connectivity index (χ4v) is 8.89. The molecule has 0 amide bonds. The van der Waals surface area contributed by atoms with E-state index in [0.717, 1.165) is 36.7 Å². The van der Waals surface area contributed by atoms with E-state index in [2.05, 4.69) is 26.0 Å². The van der Waals surface area contributed by atoms with Gasteiger partial charge in [-0.3, -0.25) is 9.59 Å². The molecule has 178 valence electrons. The molecule has 0 bridgehead atoms. The zero-order valence-electron chi connectivity index (χ0n) is 20.6. The number of hydrogen-bond acceptors (Lipinski definition) is 3. The molecule has 8 unspecified atom stereocenters. The normalized spacial score (nSPS) is 42.3. The molecule has 33 heavy (non-hydrogen) atoms. The minimum atomic E-state index is -0.131. The number of rotatable bonds is 4. The zero-order valence-corrected chi connectivity index (χ0v) is 20.6. The van der Waals surface area contributed by atoms with Gasteiger partial charge in [-0.2, -0.15) is 0 Å². The van der Waals surface area contributed by atoms with Crippen molar-refractivity contribution >= 4 is 17.8 Å². The van der Waals surface area contributed by atoms with Crippen molar-refractivity contribution in [2.45, 2.75) is 84.7 Å². The van der Waals surface area contributed by atoms with Gasteiger partial charge in [0.15, 0.2) is 5.78 Å². The van der Waals surface area contributed by atoms with E-state index in [0.29, 0.717) is 23.0 Å². The third-order valence-corrected chi connectivity index (χ3v) is 10.5. The van der Waals surface area contributed by atoms with Crippen molar-refractivity contribution in [3.8, 4) is 0 Å². The van der Waals surface area contributed by atoms with Crippen LogP contribution in [0, 0.1) is 40.4 Å². The second-order valence-corrected chi connectivity index (χ2v) is 12.0. The van der Waals surface area contributed by atoms with Crippen LogP contribution in [-0.4, -0.2) is 17.9 Å². The average molecular weight is 449 g/mol. The maximum Gasteiger partial charge on any atom is 0.302 e. The lowest BCUT2D eigenvalue weighted by Crippen LogP contribution is -2.54. The average Bonchev–Trinajstić information content (AvgIpc) is 3.15. The highest BCUT2D eigenvalue weighted by Gasteiger charge is 2.61. The first-order valence-electron chi connectivity index (χ1n) is 13.3. The first kappa shape index (κ1) is 22.9. The summed E-state index contributed by atoms with van der Waals surface area (Å²) < 4.78 is 5.62. The fraction of sp³-hybridized carbons (Fsp3) is 0.667. The molecule has 4 fully saturated rings. The van der Waals surface area contributed by atoms with Crippen molar-refractivity contribution in [1.29, 1.82) is 0 Å². The smallest absolute Gasteiger partial charge is 0.302 e. The lowest BCUT2D eigenvalue weighted by Gasteiger charge is -2.61. The maximum absolute atomic E-state index is 13.3. The summed E-state index contributed by atoms with van der Waals surface area (Å²) in [6, 6.07) is 10.2. The van der Waals surface area contributed by atoms with E-state index in [-0.39, 0.29) is 23.4 Å². The molecule has 0 N–H and O–H groups in total. The van der Waals surface area contributed by atoms with Crippen LogP contribution in [0.4, 0.5) is 0 Å². The van der Waals surface area contributed by atoms with Crippen LogP contribution >= 0.6 is 0 Å². The predicted molar refractivity (Wildman–Crippen MR) is 131 cm³/mol. The Morgan fingerprint density at radius 1 is 0.909 bits per heavy atom. The quantitative estimate of drug-likeness (QED) is 0.373. The van der Waals surface area contributed by atoms with E-state index in [9.17, 15) is 9.59 Å². The van der Waals surface area contributed by atoms with Gasteiger partial charge >= 0.3 is 5.97 Å². The molecule has 5 rings (SSSR count). The minimum absolute atomic E-state index is 0.121. The molecule has 3 nitrogen and oxygen atoms in total. The minimum Gasteiger partial charge on any atom is -0.463 e. The zero-order chi connectivity index (χ0) is 23.2. The molecule has 0 spiro atoms. The Balaban J connectivity index is 1.30. The maximum atomic E-state index is 13.3. The van der Waals surface area contributed by atoms with Gasteiger partial charge in [0, 0.05) is 12.8 Å². The summed E-state index contributed by atoms with van der Waals surface area (Å²) in [5, 5.41) is 0. The van der Waals surface area contributed by atoms with E-state index in [1.54, 1.807) is 6.92 Å². The van der Waals surface area contributed by atoms with Crippen LogP contribution in [0.15, 0.2) is 36.4 Å². The Bertz CT molecular complexity index is 920. The van der Waals surface area contributed by atoms with E-state index < -0.39 is 0 Å². The topological polar surface area (TPSA) is 43.4 Å². The standard InChI is InChI=1S/C30H40O3/c1-20(31)33-23-15-17-29(2)22(19-23)10-11-24-25-12-13-27(30(25,3)18-16-26(24)29)28(32)14-9-21-7-5-4-6-8-21/h4-9,14,22-27H,10-13,15-19H2,1-3H3. The molecule has 8 atom stereocenters. The molecule has 3 heteroatoms. The molecule has 4 aliphatic rings. The Labute approximate surface area is 199 Å². The van der Waals surface area contributed by atoms with E-state index in [4.69, 9.17) is 4.74 Å². The summed E-state index contributed by atoms with van der Waals surface area (Å²) >= 11 is 0. The number of fused-ring (bicyclic) bond motifs is 5. The summed E-state index contributed by atoms with van der Waals surface area (Å²) in [6.45, 7) is 6.52. The lowest BCUT2D eigenvalue weighted by molar-refractivity contribution is -0.160. The second-order valence-electron chi connectivity index (χ2n) is 12.0. The van der Waals surface area contributed by atoms with Crippen molar-refractivity contribution in [2.75, 3.05) is 0 Å². The number of benzene rings is 1. The van der Waals surface area contributed by atoms with Crippen molar-refractivity contribution in [3.05, 3.63) is 42.0 Å². The van der Waals surface area contributed by atoms with E-state index >= 15 is 0 Å². The summed E-state index contributed by atoms with van der Waals surface area (Å²) in [6.07, 6.45) is 14.5. The van der Waals surface area contributed by atoms with Gasteiger partial charge in [0.25, 0.3) is 0 Å². The van der Waals surface area contributed by atoms with Crippen LogP contribution in [0.2, 0.25) is 0 Å². The van der Waals surface area contributed by atoms with Crippen molar-refractivity contribution < 1.29 is 14.3 Å². The van der Waals surface area contributed by atoms with Crippen LogP contribution in [0.25, 0.3) is 6.08 Å². The molecule has 4 saturated carbocycles. The molecule has 0 saturated heterocycles. The van der Waals surface area contributed by atoms with Gasteiger partial charge in [0.1, 0.15) is 6.10 Å². The lowest BCUT2D eigenvalue weighted by atomic mass is 9.44. The van der Waals surface area contributed by atoms with Gasteiger partial charge in [0.2, 0.25) is 0 Å². The van der Waals surface area contributed by atoms with Crippen molar-refractivity contribution in [1.82, 2.24) is 0 Å². The van der Waals surface area contributed by atoms with E-state index in [1.807, 2.05) is 30.4 Å². The number of esters is 1. The fourth-order valence-electron chi connectivity index (χ4n) is 8.89. The summed E-state index contributed by atoms with van der Waals surface area (Å²) in [7, 11) is 0. The molecule has 1 aromatic carbocycles. The molecular formula is C30H40O3. The van der Waals surface area contributed by atoms with Crippen molar-refractivity contribution in [2.24, 2.45) is 40.4 Å². The van der Waals surface area contributed by atoms with Crippen molar-refractivity contribution in [3.63, 3.8) is 0 Å². The van der Waals surface area contributed by atoms with Crippen LogP contribution in [-0.2, 0) is 14.3 Å². The predicted octanol–water partition coefficient (Wildman–Crippen LogP) is 6.86. The van der Waals surface area contributed by atoms with Gasteiger partial charge in [-0.1, -0.05) is 50.3 Å². The number of ether oxygens (including phenoxy) is 1. The third kappa shape index (κ3) is 4.00. The van der Waals surface area contributed by atoms with Gasteiger partial charge in [-0.15, -0.1) is 0 Å². The Kier molecular flexibility index (Phi) is 6.04. The van der Waals surface area contributed by atoms with Crippen LogP contribution in [0.1, 0.15) is 84.1 Å². The van der Waals surface area contributed by atoms with E-state index in [1.165, 1.54) is 38.5 Å². The number of hydrogen-bond donors (Lipinski definition) is 0. The molecule has 4 aliphatic carbocycles. The second kappa shape index (κ2) is 8.71. The molecule has 0 aromatic heterocycles. The summed E-state index contributed by atoms with van der Waals surface area (Å²) in [4.78, 5) is 24.8. The Morgan fingerprint density at radius 3 is 2.39 bits per heavy atom. The van der Waals surface area contributed by atoms with Crippen LogP contribution < -0.4 is 0 Å². The number of allylic oxidation sites excluding steroid dienone is 1. The van der Waals surface area contributed by atoms with Crippen LogP contribution in [0.5, 0.6) is 0 Å². The largest absolute Gasteiger partial charge is 0.463 e. The molecule has 0 aliphatic heterocycles.